The number of ether oxygens (including phenoxy) is 1. The number of methoxy groups -OCH3 is 1. The van der Waals surface area contributed by atoms with E-state index in [-0.39, 0.29) is 17.2 Å². The van der Waals surface area contributed by atoms with Gasteiger partial charge in [0.2, 0.25) is 11.8 Å². The Morgan fingerprint density at radius 2 is 1.90 bits per heavy atom. The first-order valence-corrected chi connectivity index (χ1v) is 9.72. The van der Waals surface area contributed by atoms with Crippen LogP contribution in [0.15, 0.2) is 53.7 Å². The van der Waals surface area contributed by atoms with Crippen molar-refractivity contribution >= 4 is 34.5 Å². The van der Waals surface area contributed by atoms with Crippen LogP contribution in [-0.4, -0.2) is 22.1 Å². The molecule has 0 fully saturated rings. The van der Waals surface area contributed by atoms with Crippen LogP contribution >= 0.6 is 11.9 Å². The molecule has 0 amide bonds. The number of aromatic nitrogens is 3. The van der Waals surface area contributed by atoms with Gasteiger partial charge in [-0.1, -0.05) is 6.07 Å². The molecule has 2 aromatic carbocycles. The zero-order valence-electron chi connectivity index (χ0n) is 16.1. The summed E-state index contributed by atoms with van der Waals surface area (Å²) in [6.45, 7) is 1.89. The van der Waals surface area contributed by atoms with Crippen molar-refractivity contribution < 1.29 is 13.5 Å². The smallest absolute Gasteiger partial charge is 0.228 e. The first-order chi connectivity index (χ1) is 14.5. The molecule has 9 heteroatoms. The zero-order chi connectivity index (χ0) is 21.3. The number of anilines is 2. The molecular formula is C21H17F2N5OS. The molecule has 30 heavy (non-hydrogen) atoms. The van der Waals surface area contributed by atoms with E-state index in [2.05, 4.69) is 19.7 Å². The number of hydrogen-bond donors (Lipinski definition) is 2. The van der Waals surface area contributed by atoms with Gasteiger partial charge in [0.15, 0.2) is 5.82 Å². The maximum absolute atomic E-state index is 15.2. The highest BCUT2D eigenvalue weighted by molar-refractivity contribution is 8.00. The number of nitrogens with zero attached hydrogens (tertiary/aromatic N) is 3. The number of pyridine rings is 1. The Kier molecular flexibility index (Phi) is 5.37. The highest BCUT2D eigenvalue weighted by Gasteiger charge is 2.17. The van der Waals surface area contributed by atoms with Crippen LogP contribution in [0, 0.1) is 18.6 Å². The van der Waals surface area contributed by atoms with Gasteiger partial charge >= 0.3 is 0 Å². The lowest BCUT2D eigenvalue weighted by Gasteiger charge is -2.13. The van der Waals surface area contributed by atoms with Gasteiger partial charge in [0.05, 0.1) is 28.8 Å². The SMILES string of the molecule is COc1ncc(C)cc1SNc1ccc(F)c(-c2ccc3nc(N)ncc3c2)c1F. The fourth-order valence-electron chi connectivity index (χ4n) is 2.97. The molecule has 6 nitrogen and oxygen atoms in total. The quantitative estimate of drug-likeness (QED) is 0.436. The molecule has 0 aliphatic heterocycles. The molecule has 152 valence electrons. The van der Waals surface area contributed by atoms with Crippen LogP contribution in [0.2, 0.25) is 0 Å². The number of fused-ring (bicyclic) bond motifs is 1. The van der Waals surface area contributed by atoms with Crippen molar-refractivity contribution in [1.82, 2.24) is 15.0 Å². The van der Waals surface area contributed by atoms with Crippen molar-refractivity contribution in [2.45, 2.75) is 11.8 Å². The van der Waals surface area contributed by atoms with E-state index in [1.807, 2.05) is 13.0 Å². The largest absolute Gasteiger partial charge is 0.480 e. The van der Waals surface area contributed by atoms with Gasteiger partial charge in [0.25, 0.3) is 0 Å². The number of hydrogen-bond acceptors (Lipinski definition) is 7. The van der Waals surface area contributed by atoms with Gasteiger partial charge in [0.1, 0.15) is 5.82 Å². The van der Waals surface area contributed by atoms with Crippen LogP contribution in [0.1, 0.15) is 5.56 Å². The number of aryl methyl sites for hydroxylation is 1. The molecule has 0 bridgehead atoms. The molecule has 2 aromatic heterocycles. The van der Waals surface area contributed by atoms with Crippen LogP contribution < -0.4 is 15.2 Å². The standard InChI is InChI=1S/C21H17F2N5OS/c1-11-7-17(20(29-2)25-9-11)30-28-16-6-4-14(22)18(19(16)23)12-3-5-15-13(8-12)10-26-21(24)27-15/h3-10,28H,1-2H3,(H2,24,26,27). The summed E-state index contributed by atoms with van der Waals surface area (Å²) in [5.74, 6) is -0.835. The summed E-state index contributed by atoms with van der Waals surface area (Å²) in [5, 5.41) is 0.629. The third-order valence-electron chi connectivity index (χ3n) is 4.40. The van der Waals surface area contributed by atoms with Crippen molar-refractivity contribution in [3.05, 3.63) is 66.0 Å². The van der Waals surface area contributed by atoms with Gasteiger partial charge in [0, 0.05) is 17.8 Å². The number of rotatable bonds is 5. The van der Waals surface area contributed by atoms with Crippen LogP contribution in [-0.2, 0) is 0 Å². The second-order valence-corrected chi connectivity index (χ2v) is 7.36. The first kappa shape index (κ1) is 19.8. The second kappa shape index (κ2) is 8.11. The van der Waals surface area contributed by atoms with Crippen LogP contribution in [0.4, 0.5) is 20.4 Å². The van der Waals surface area contributed by atoms with E-state index < -0.39 is 11.6 Å². The average Bonchev–Trinajstić information content (AvgIpc) is 2.73. The Balaban J connectivity index is 1.69. The third kappa shape index (κ3) is 3.84. The lowest BCUT2D eigenvalue weighted by atomic mass is 10.0. The van der Waals surface area contributed by atoms with Crippen molar-refractivity contribution in [2.75, 3.05) is 17.6 Å². The molecule has 4 rings (SSSR count). The molecule has 0 aliphatic carbocycles. The Morgan fingerprint density at radius 3 is 2.70 bits per heavy atom. The minimum atomic E-state index is -0.710. The van der Waals surface area contributed by atoms with E-state index >= 15 is 4.39 Å². The van der Waals surface area contributed by atoms with Gasteiger partial charge < -0.3 is 15.2 Å². The third-order valence-corrected chi connectivity index (χ3v) is 5.23. The maximum atomic E-state index is 15.2. The van der Waals surface area contributed by atoms with E-state index in [9.17, 15) is 4.39 Å². The number of nitrogens with one attached hydrogen (secondary N) is 1. The van der Waals surface area contributed by atoms with Crippen molar-refractivity contribution in [3.8, 4) is 17.0 Å². The van der Waals surface area contributed by atoms with Crippen LogP contribution in [0.5, 0.6) is 5.88 Å². The lowest BCUT2D eigenvalue weighted by molar-refractivity contribution is 0.387. The monoisotopic (exact) mass is 425 g/mol. The summed E-state index contributed by atoms with van der Waals surface area (Å²) in [7, 11) is 1.51. The molecule has 0 aliphatic rings. The number of nitrogen functional groups attached to an aromatic ring is 1. The molecule has 4 aromatic rings. The van der Waals surface area contributed by atoms with E-state index in [0.29, 0.717) is 27.2 Å². The van der Waals surface area contributed by atoms with E-state index in [4.69, 9.17) is 10.5 Å². The predicted octanol–water partition coefficient (Wildman–Crippen LogP) is 4.99. The summed E-state index contributed by atoms with van der Waals surface area (Å²) >= 11 is 1.13. The lowest BCUT2D eigenvalue weighted by Crippen LogP contribution is -1.99. The minimum Gasteiger partial charge on any atom is -0.480 e. The summed E-state index contributed by atoms with van der Waals surface area (Å²) in [6, 6.07) is 9.31. The van der Waals surface area contributed by atoms with Gasteiger partial charge in [-0.2, -0.15) is 0 Å². The molecule has 0 saturated carbocycles. The first-order valence-electron chi connectivity index (χ1n) is 8.90. The predicted molar refractivity (Wildman–Crippen MR) is 114 cm³/mol. The molecule has 0 radical (unpaired) electrons. The van der Waals surface area contributed by atoms with E-state index in [1.54, 1.807) is 24.4 Å². The summed E-state index contributed by atoms with van der Waals surface area (Å²) in [6.07, 6.45) is 3.20. The maximum Gasteiger partial charge on any atom is 0.228 e. The topological polar surface area (TPSA) is 86.0 Å². The number of benzene rings is 2. The average molecular weight is 425 g/mol. The molecule has 2 heterocycles. The van der Waals surface area contributed by atoms with Gasteiger partial charge in [-0.3, -0.25) is 0 Å². The van der Waals surface area contributed by atoms with Crippen molar-refractivity contribution in [2.24, 2.45) is 0 Å². The normalized spacial score (nSPS) is 10.9. The minimum absolute atomic E-state index is 0.133. The fourth-order valence-corrected chi connectivity index (χ4v) is 3.81. The Labute approximate surface area is 175 Å². The highest BCUT2D eigenvalue weighted by atomic mass is 32.2. The highest BCUT2D eigenvalue weighted by Crippen LogP contribution is 2.35. The molecule has 0 spiro atoms. The van der Waals surface area contributed by atoms with Crippen molar-refractivity contribution in [3.63, 3.8) is 0 Å². The molecular weight excluding hydrogens is 408 g/mol. The Bertz CT molecular complexity index is 1250. The number of nitrogens with two attached hydrogens (primary N) is 1. The van der Waals surface area contributed by atoms with Crippen LogP contribution in [0.25, 0.3) is 22.0 Å². The summed E-state index contributed by atoms with van der Waals surface area (Å²) in [4.78, 5) is 12.9. The van der Waals surface area contributed by atoms with Gasteiger partial charge in [-0.25, -0.2) is 23.7 Å². The van der Waals surface area contributed by atoms with Crippen molar-refractivity contribution in [1.29, 1.82) is 0 Å². The van der Waals surface area contributed by atoms with E-state index in [1.165, 1.54) is 25.4 Å². The Morgan fingerprint density at radius 1 is 1.07 bits per heavy atom. The second-order valence-electron chi connectivity index (χ2n) is 6.51. The Hall–Kier alpha value is -3.46. The molecule has 0 unspecified atom stereocenters. The summed E-state index contributed by atoms with van der Waals surface area (Å²) in [5.41, 5.74) is 7.47. The van der Waals surface area contributed by atoms with Gasteiger partial charge in [-0.15, -0.1) is 0 Å². The van der Waals surface area contributed by atoms with E-state index in [0.717, 1.165) is 17.5 Å². The molecule has 0 atom stereocenters. The molecule has 0 saturated heterocycles. The fraction of sp³-hybridized carbons (Fsp3) is 0.0952. The van der Waals surface area contributed by atoms with Gasteiger partial charge in [-0.05, 0) is 60.3 Å². The summed E-state index contributed by atoms with van der Waals surface area (Å²) < 4.78 is 38.0. The molecule has 3 N–H and O–H groups in total. The van der Waals surface area contributed by atoms with Crippen LogP contribution in [0.3, 0.4) is 0 Å². The zero-order valence-corrected chi connectivity index (χ0v) is 16.9. The number of halogens is 2.